The predicted octanol–water partition coefficient (Wildman–Crippen LogP) is 6.73. The average Bonchev–Trinajstić information content (AvgIpc) is 3.27. The molecule has 28 heavy (non-hydrogen) atoms. The van der Waals surface area contributed by atoms with E-state index in [0.717, 1.165) is 33.2 Å². The molecule has 0 spiro atoms. The maximum atomic E-state index is 13.4. The van der Waals surface area contributed by atoms with Crippen molar-refractivity contribution in [2.75, 3.05) is 5.32 Å². The molecule has 2 aromatic carbocycles. The van der Waals surface area contributed by atoms with E-state index in [1.54, 1.807) is 0 Å². The zero-order valence-electron chi connectivity index (χ0n) is 15.0. The van der Waals surface area contributed by atoms with Gasteiger partial charge in [-0.2, -0.15) is 0 Å². The molecule has 7 heteroatoms. The number of nitrogens with one attached hydrogen (secondary N) is 3. The van der Waals surface area contributed by atoms with E-state index in [1.165, 1.54) is 0 Å². The molecule has 4 aromatic rings. The first-order valence-corrected chi connectivity index (χ1v) is 9.76. The van der Waals surface area contributed by atoms with Gasteiger partial charge >= 0.3 is 0 Å². The number of anilines is 2. The van der Waals surface area contributed by atoms with Crippen LogP contribution in [0.5, 0.6) is 0 Å². The van der Waals surface area contributed by atoms with Crippen LogP contribution in [-0.4, -0.2) is 20.9 Å². The summed E-state index contributed by atoms with van der Waals surface area (Å²) in [5.41, 5.74) is 4.58. The standard InChI is InChI=1S/C21H19ClF2N4/c22-16-10-14(11-18-15(16)5-8-25-18)26-20-27-17-2-1-13(9-19(17)28-20)12-3-6-21(23,24)7-4-12/h1-2,5,8-12,25H,3-4,6-7H2,(H2,26,27,28). The summed E-state index contributed by atoms with van der Waals surface area (Å²) < 4.78 is 26.8. The first-order valence-electron chi connectivity index (χ1n) is 9.38. The Hall–Kier alpha value is -2.60. The Labute approximate surface area is 165 Å². The Morgan fingerprint density at radius 3 is 2.71 bits per heavy atom. The van der Waals surface area contributed by atoms with Crippen LogP contribution in [0, 0.1) is 0 Å². The second kappa shape index (κ2) is 6.48. The fourth-order valence-electron chi connectivity index (χ4n) is 4.04. The number of rotatable bonds is 3. The van der Waals surface area contributed by atoms with E-state index in [2.05, 4.69) is 20.3 Å². The maximum Gasteiger partial charge on any atom is 0.248 e. The summed E-state index contributed by atoms with van der Waals surface area (Å²) >= 11 is 6.33. The van der Waals surface area contributed by atoms with Crippen LogP contribution in [0.3, 0.4) is 0 Å². The van der Waals surface area contributed by atoms with Crippen molar-refractivity contribution in [2.45, 2.75) is 37.5 Å². The van der Waals surface area contributed by atoms with Gasteiger partial charge in [0.25, 0.3) is 0 Å². The normalized spacial score (nSPS) is 17.4. The summed E-state index contributed by atoms with van der Waals surface area (Å²) in [4.78, 5) is 11.0. The van der Waals surface area contributed by atoms with Gasteiger partial charge in [-0.3, -0.25) is 0 Å². The number of fused-ring (bicyclic) bond motifs is 2. The monoisotopic (exact) mass is 400 g/mol. The Kier molecular flexibility index (Phi) is 4.05. The van der Waals surface area contributed by atoms with E-state index < -0.39 is 5.92 Å². The highest BCUT2D eigenvalue weighted by molar-refractivity contribution is 6.35. The molecule has 3 N–H and O–H groups in total. The van der Waals surface area contributed by atoms with E-state index in [0.29, 0.717) is 23.8 Å². The Bertz CT molecular complexity index is 1150. The maximum absolute atomic E-state index is 13.4. The van der Waals surface area contributed by atoms with Crippen molar-refractivity contribution < 1.29 is 8.78 Å². The molecule has 1 aliphatic carbocycles. The third kappa shape index (κ3) is 3.22. The van der Waals surface area contributed by atoms with Crippen LogP contribution in [0.2, 0.25) is 5.02 Å². The van der Waals surface area contributed by atoms with Gasteiger partial charge in [-0.1, -0.05) is 17.7 Å². The van der Waals surface area contributed by atoms with Crippen molar-refractivity contribution in [1.29, 1.82) is 0 Å². The molecule has 0 unspecified atom stereocenters. The van der Waals surface area contributed by atoms with E-state index in [4.69, 9.17) is 11.6 Å². The van der Waals surface area contributed by atoms with Crippen molar-refractivity contribution in [3.8, 4) is 0 Å². The number of aromatic nitrogens is 3. The van der Waals surface area contributed by atoms with Gasteiger partial charge < -0.3 is 15.3 Å². The van der Waals surface area contributed by atoms with E-state index >= 15 is 0 Å². The van der Waals surface area contributed by atoms with E-state index in [-0.39, 0.29) is 18.8 Å². The SMILES string of the molecule is FC1(F)CCC(c2ccc3[nH]c(Nc4cc(Cl)c5cc[nH]c5c4)nc3c2)CC1. The Balaban J connectivity index is 1.40. The van der Waals surface area contributed by atoms with Crippen LogP contribution >= 0.6 is 11.6 Å². The van der Waals surface area contributed by atoms with Gasteiger partial charge in [0.15, 0.2) is 0 Å². The highest BCUT2D eigenvalue weighted by Gasteiger charge is 2.35. The molecule has 0 aliphatic heterocycles. The van der Waals surface area contributed by atoms with E-state index in [1.807, 2.05) is 42.6 Å². The van der Waals surface area contributed by atoms with Crippen LogP contribution in [0.25, 0.3) is 21.9 Å². The zero-order chi connectivity index (χ0) is 19.3. The number of nitrogens with zero attached hydrogens (tertiary/aromatic N) is 1. The van der Waals surface area contributed by atoms with Gasteiger partial charge in [0, 0.05) is 35.6 Å². The first-order chi connectivity index (χ1) is 13.5. The quantitative estimate of drug-likeness (QED) is 0.357. The van der Waals surface area contributed by atoms with Crippen molar-refractivity contribution in [3.05, 3.63) is 53.2 Å². The Morgan fingerprint density at radius 1 is 1.07 bits per heavy atom. The fraction of sp³-hybridized carbons (Fsp3) is 0.286. The molecule has 1 fully saturated rings. The summed E-state index contributed by atoms with van der Waals surface area (Å²) in [6.07, 6.45) is 2.81. The lowest BCUT2D eigenvalue weighted by Gasteiger charge is -2.28. The third-order valence-corrected chi connectivity index (χ3v) is 5.89. The molecule has 1 aliphatic rings. The fourth-order valence-corrected chi connectivity index (χ4v) is 4.32. The number of imidazole rings is 1. The highest BCUT2D eigenvalue weighted by atomic mass is 35.5. The minimum absolute atomic E-state index is 0.0367. The Morgan fingerprint density at radius 2 is 1.89 bits per heavy atom. The highest BCUT2D eigenvalue weighted by Crippen LogP contribution is 2.41. The first kappa shape index (κ1) is 17.5. The largest absolute Gasteiger partial charge is 0.361 e. The second-order valence-electron chi connectivity index (χ2n) is 7.51. The summed E-state index contributed by atoms with van der Waals surface area (Å²) in [5, 5.41) is 4.89. The topological polar surface area (TPSA) is 56.5 Å². The molecule has 0 saturated heterocycles. The van der Waals surface area contributed by atoms with Gasteiger partial charge in [-0.05, 0) is 54.7 Å². The molecular weight excluding hydrogens is 382 g/mol. The molecule has 0 bridgehead atoms. The molecule has 5 rings (SSSR count). The van der Waals surface area contributed by atoms with Crippen LogP contribution in [0.4, 0.5) is 20.4 Å². The van der Waals surface area contributed by atoms with Gasteiger partial charge in [0.1, 0.15) is 0 Å². The predicted molar refractivity (Wildman–Crippen MR) is 109 cm³/mol. The minimum Gasteiger partial charge on any atom is -0.361 e. The van der Waals surface area contributed by atoms with Crippen LogP contribution in [-0.2, 0) is 0 Å². The molecular formula is C21H19ClF2N4. The lowest BCUT2D eigenvalue weighted by Crippen LogP contribution is -2.23. The molecule has 2 heterocycles. The van der Waals surface area contributed by atoms with Crippen LogP contribution < -0.4 is 5.32 Å². The third-order valence-electron chi connectivity index (χ3n) is 5.58. The summed E-state index contributed by atoms with van der Waals surface area (Å²) in [6.45, 7) is 0. The second-order valence-corrected chi connectivity index (χ2v) is 7.92. The number of aromatic amines is 2. The lowest BCUT2D eigenvalue weighted by molar-refractivity contribution is -0.0382. The number of halogens is 3. The molecule has 0 radical (unpaired) electrons. The molecule has 1 saturated carbocycles. The molecule has 0 atom stereocenters. The number of H-pyrrole nitrogens is 2. The zero-order valence-corrected chi connectivity index (χ0v) is 15.8. The number of hydrogen-bond donors (Lipinski definition) is 3. The number of alkyl halides is 2. The summed E-state index contributed by atoms with van der Waals surface area (Å²) in [5.74, 6) is -1.72. The van der Waals surface area contributed by atoms with Crippen molar-refractivity contribution in [2.24, 2.45) is 0 Å². The van der Waals surface area contributed by atoms with Gasteiger partial charge in [0.2, 0.25) is 11.9 Å². The van der Waals surface area contributed by atoms with Crippen LogP contribution in [0.1, 0.15) is 37.2 Å². The van der Waals surface area contributed by atoms with Crippen molar-refractivity contribution in [1.82, 2.24) is 15.0 Å². The van der Waals surface area contributed by atoms with Gasteiger partial charge in [-0.25, -0.2) is 13.8 Å². The average molecular weight is 401 g/mol. The van der Waals surface area contributed by atoms with E-state index in [9.17, 15) is 8.78 Å². The molecule has 2 aromatic heterocycles. The minimum atomic E-state index is -2.51. The van der Waals surface area contributed by atoms with Gasteiger partial charge in [-0.15, -0.1) is 0 Å². The van der Waals surface area contributed by atoms with Crippen LogP contribution in [0.15, 0.2) is 42.6 Å². The molecule has 4 nitrogen and oxygen atoms in total. The summed E-state index contributed by atoms with van der Waals surface area (Å²) in [7, 11) is 0. The molecule has 0 amide bonds. The number of hydrogen-bond acceptors (Lipinski definition) is 2. The lowest BCUT2D eigenvalue weighted by atomic mass is 9.82. The summed E-state index contributed by atoms with van der Waals surface area (Å²) in [6, 6.07) is 11.8. The number of benzene rings is 2. The van der Waals surface area contributed by atoms with Crippen molar-refractivity contribution >= 4 is 45.2 Å². The smallest absolute Gasteiger partial charge is 0.248 e. The van der Waals surface area contributed by atoms with Gasteiger partial charge in [0.05, 0.1) is 16.1 Å². The van der Waals surface area contributed by atoms with Crippen molar-refractivity contribution in [3.63, 3.8) is 0 Å². The molecule has 144 valence electrons.